The zero-order chi connectivity index (χ0) is 20.3. The number of rotatable bonds is 5. The van der Waals surface area contributed by atoms with E-state index in [0.29, 0.717) is 17.9 Å². The Morgan fingerprint density at radius 2 is 1.86 bits per heavy atom. The van der Waals surface area contributed by atoms with Gasteiger partial charge in [0.2, 0.25) is 5.91 Å². The topological polar surface area (TPSA) is 108 Å². The van der Waals surface area contributed by atoms with Gasteiger partial charge in [-0.3, -0.25) is 25.2 Å². The number of hydrazine groups is 1. The van der Waals surface area contributed by atoms with E-state index in [1.165, 1.54) is 18.7 Å². The van der Waals surface area contributed by atoms with Crippen molar-refractivity contribution in [2.75, 3.05) is 5.75 Å². The lowest BCUT2D eigenvalue weighted by Crippen LogP contribution is -2.54. The molecule has 5 amide bonds. The highest BCUT2D eigenvalue weighted by Crippen LogP contribution is 2.35. The summed E-state index contributed by atoms with van der Waals surface area (Å²) >= 11 is 7.10. The number of thioether (sulfide) groups is 1. The minimum absolute atomic E-state index is 0.0858. The van der Waals surface area contributed by atoms with Crippen LogP contribution in [0.2, 0.25) is 5.02 Å². The molecule has 28 heavy (non-hydrogen) atoms. The van der Waals surface area contributed by atoms with Gasteiger partial charge < -0.3 is 5.32 Å². The van der Waals surface area contributed by atoms with Gasteiger partial charge in [0.05, 0.1) is 5.75 Å². The molecule has 3 rings (SSSR count). The van der Waals surface area contributed by atoms with Crippen molar-refractivity contribution in [3.8, 4) is 0 Å². The Morgan fingerprint density at radius 3 is 2.50 bits per heavy atom. The molecule has 0 bridgehead atoms. The zero-order valence-electron chi connectivity index (χ0n) is 15.3. The van der Waals surface area contributed by atoms with Crippen molar-refractivity contribution in [1.82, 2.24) is 21.1 Å². The van der Waals surface area contributed by atoms with Crippen molar-refractivity contribution in [1.29, 1.82) is 0 Å². The number of halogens is 1. The maximum absolute atomic E-state index is 12.7. The average Bonchev–Trinajstić information content (AvgIpc) is 3.23. The summed E-state index contributed by atoms with van der Waals surface area (Å²) in [6, 6.07) is 5.42. The van der Waals surface area contributed by atoms with Crippen LogP contribution in [-0.4, -0.2) is 46.0 Å². The van der Waals surface area contributed by atoms with E-state index < -0.39 is 29.4 Å². The summed E-state index contributed by atoms with van der Waals surface area (Å²) in [4.78, 5) is 50.9. The summed E-state index contributed by atoms with van der Waals surface area (Å²) < 4.78 is 0. The van der Waals surface area contributed by atoms with Gasteiger partial charge in [0.25, 0.3) is 11.8 Å². The molecular weight excluding hydrogens is 404 g/mol. The minimum Gasteiger partial charge on any atom is -0.323 e. The summed E-state index contributed by atoms with van der Waals surface area (Å²) in [5.41, 5.74) is 3.71. The summed E-state index contributed by atoms with van der Waals surface area (Å²) in [6.07, 6.45) is 2.89. The molecule has 1 aliphatic heterocycles. The number of benzene rings is 1. The lowest BCUT2D eigenvalue weighted by atomic mass is 9.97. The first-order chi connectivity index (χ1) is 13.3. The Labute approximate surface area is 171 Å². The standard InChI is InChI=1S/C18H21ClN4O4S/c1-11(23-16(26)18(20-17(23)27)8-2-3-9-18)15(25)22-21-14(24)10-28-13-6-4-12(19)5-7-13/h4-7,11H,2-3,8-10H2,1H3,(H,20,27)(H,21,24)(H,22,25). The molecular formula is C18H21ClN4O4S. The molecule has 1 heterocycles. The average molecular weight is 425 g/mol. The number of nitrogens with one attached hydrogen (secondary N) is 3. The van der Waals surface area contributed by atoms with E-state index in [1.807, 2.05) is 0 Å². The maximum Gasteiger partial charge on any atom is 0.325 e. The van der Waals surface area contributed by atoms with E-state index in [4.69, 9.17) is 11.6 Å². The van der Waals surface area contributed by atoms with Crippen LogP contribution in [0.3, 0.4) is 0 Å². The van der Waals surface area contributed by atoms with Crippen molar-refractivity contribution in [3.05, 3.63) is 29.3 Å². The molecule has 1 aliphatic carbocycles. The van der Waals surface area contributed by atoms with Crippen LogP contribution in [0.4, 0.5) is 4.79 Å². The normalized spacial score (nSPS) is 18.9. The van der Waals surface area contributed by atoms with Crippen LogP contribution in [0.25, 0.3) is 0 Å². The molecule has 1 unspecified atom stereocenters. The molecule has 1 atom stereocenters. The highest BCUT2D eigenvalue weighted by molar-refractivity contribution is 8.00. The smallest absolute Gasteiger partial charge is 0.323 e. The predicted molar refractivity (Wildman–Crippen MR) is 105 cm³/mol. The molecule has 2 aliphatic rings. The van der Waals surface area contributed by atoms with Gasteiger partial charge >= 0.3 is 6.03 Å². The molecule has 1 saturated heterocycles. The first-order valence-electron chi connectivity index (χ1n) is 8.95. The fourth-order valence-corrected chi connectivity index (χ4v) is 4.20. The maximum atomic E-state index is 12.7. The van der Waals surface area contributed by atoms with Gasteiger partial charge in [-0.05, 0) is 44.0 Å². The van der Waals surface area contributed by atoms with E-state index in [9.17, 15) is 19.2 Å². The predicted octanol–water partition coefficient (Wildman–Crippen LogP) is 1.83. The van der Waals surface area contributed by atoms with Crippen molar-refractivity contribution in [3.63, 3.8) is 0 Å². The molecule has 10 heteroatoms. The van der Waals surface area contributed by atoms with Crippen molar-refractivity contribution in [2.45, 2.75) is 49.1 Å². The summed E-state index contributed by atoms with van der Waals surface area (Å²) in [6.45, 7) is 1.45. The Kier molecular flexibility index (Phi) is 6.14. The SMILES string of the molecule is CC(C(=O)NNC(=O)CSc1ccc(Cl)cc1)N1C(=O)NC2(CCCC2)C1=O. The highest BCUT2D eigenvalue weighted by Gasteiger charge is 2.54. The third-order valence-corrected chi connectivity index (χ3v) is 6.19. The first kappa shape index (κ1) is 20.5. The van der Waals surface area contributed by atoms with Crippen LogP contribution in [0.15, 0.2) is 29.2 Å². The lowest BCUT2D eigenvalue weighted by molar-refractivity contribution is -0.138. The van der Waals surface area contributed by atoms with Crippen LogP contribution < -0.4 is 16.2 Å². The number of amides is 5. The summed E-state index contributed by atoms with van der Waals surface area (Å²) in [5.74, 6) is -1.33. The molecule has 0 aromatic heterocycles. The van der Waals surface area contributed by atoms with Gasteiger partial charge in [-0.1, -0.05) is 24.4 Å². The fraction of sp³-hybridized carbons (Fsp3) is 0.444. The number of hydrogen-bond donors (Lipinski definition) is 3. The van der Waals surface area contributed by atoms with Gasteiger partial charge in [-0.25, -0.2) is 9.69 Å². The minimum atomic E-state index is -1.03. The Morgan fingerprint density at radius 1 is 1.21 bits per heavy atom. The Balaban J connectivity index is 1.48. The second-order valence-electron chi connectivity index (χ2n) is 6.85. The molecule has 1 spiro atoms. The molecule has 1 aromatic carbocycles. The molecule has 1 aromatic rings. The molecule has 150 valence electrons. The fourth-order valence-electron chi connectivity index (χ4n) is 3.38. The van der Waals surface area contributed by atoms with E-state index in [1.54, 1.807) is 24.3 Å². The third-order valence-electron chi connectivity index (χ3n) is 4.93. The van der Waals surface area contributed by atoms with Crippen molar-refractivity contribution < 1.29 is 19.2 Å². The number of carbonyl (C=O) groups excluding carboxylic acids is 4. The van der Waals surface area contributed by atoms with Crippen LogP contribution >= 0.6 is 23.4 Å². The summed E-state index contributed by atoms with van der Waals surface area (Å²) in [7, 11) is 0. The quantitative estimate of drug-likeness (QED) is 0.379. The van der Waals surface area contributed by atoms with Crippen molar-refractivity contribution >= 4 is 47.1 Å². The molecule has 0 radical (unpaired) electrons. The second kappa shape index (κ2) is 8.40. The van der Waals surface area contributed by atoms with Crippen LogP contribution in [0.1, 0.15) is 32.6 Å². The van der Waals surface area contributed by atoms with Gasteiger partial charge in [-0.2, -0.15) is 0 Å². The number of carbonyl (C=O) groups is 4. The largest absolute Gasteiger partial charge is 0.325 e. The van der Waals surface area contributed by atoms with E-state index in [2.05, 4.69) is 16.2 Å². The zero-order valence-corrected chi connectivity index (χ0v) is 16.9. The van der Waals surface area contributed by atoms with Crippen LogP contribution in [0.5, 0.6) is 0 Å². The Bertz CT molecular complexity index is 795. The highest BCUT2D eigenvalue weighted by atomic mass is 35.5. The van der Waals surface area contributed by atoms with E-state index in [0.717, 1.165) is 22.6 Å². The number of nitrogens with zero attached hydrogens (tertiary/aromatic N) is 1. The van der Waals surface area contributed by atoms with Gasteiger partial charge in [0, 0.05) is 9.92 Å². The molecule has 3 N–H and O–H groups in total. The van der Waals surface area contributed by atoms with Gasteiger partial charge in [0.15, 0.2) is 0 Å². The molecule has 1 saturated carbocycles. The summed E-state index contributed by atoms with van der Waals surface area (Å²) in [5, 5.41) is 3.34. The first-order valence-corrected chi connectivity index (χ1v) is 10.3. The van der Waals surface area contributed by atoms with Gasteiger partial charge in [-0.15, -0.1) is 11.8 Å². The number of imide groups is 1. The number of hydrogen-bond acceptors (Lipinski definition) is 5. The Hall–Kier alpha value is -2.26. The van der Waals surface area contributed by atoms with Crippen molar-refractivity contribution in [2.24, 2.45) is 0 Å². The van der Waals surface area contributed by atoms with Gasteiger partial charge in [0.1, 0.15) is 11.6 Å². The van der Waals surface area contributed by atoms with E-state index in [-0.39, 0.29) is 11.7 Å². The van der Waals surface area contributed by atoms with Crippen LogP contribution in [0, 0.1) is 0 Å². The second-order valence-corrected chi connectivity index (χ2v) is 8.34. The monoisotopic (exact) mass is 424 g/mol. The lowest BCUT2D eigenvalue weighted by Gasteiger charge is -2.23. The van der Waals surface area contributed by atoms with E-state index >= 15 is 0 Å². The van der Waals surface area contributed by atoms with Crippen LogP contribution in [-0.2, 0) is 14.4 Å². The molecule has 8 nitrogen and oxygen atoms in total. The molecule has 2 fully saturated rings. The third kappa shape index (κ3) is 4.25. The number of urea groups is 1.